The molecule has 7 nitrogen and oxygen atoms in total. The lowest BCUT2D eigenvalue weighted by molar-refractivity contribution is -0.386. The van der Waals surface area contributed by atoms with E-state index in [9.17, 15) is 14.9 Å². The molecular formula is C13H16N2O5. The van der Waals surface area contributed by atoms with Crippen molar-refractivity contribution in [2.45, 2.75) is 6.10 Å². The number of nitro benzene ring substituents is 1. The minimum atomic E-state index is -0.530. The van der Waals surface area contributed by atoms with Crippen LogP contribution in [-0.4, -0.2) is 55.6 Å². The van der Waals surface area contributed by atoms with Crippen LogP contribution in [0, 0.1) is 10.1 Å². The van der Waals surface area contributed by atoms with Crippen LogP contribution >= 0.6 is 0 Å². The average Bonchev–Trinajstić information content (AvgIpc) is 2.44. The molecule has 7 heteroatoms. The van der Waals surface area contributed by atoms with Crippen molar-refractivity contribution in [3.05, 3.63) is 33.9 Å². The lowest BCUT2D eigenvalue weighted by Gasteiger charge is -2.29. The Balaban J connectivity index is 2.07. The van der Waals surface area contributed by atoms with E-state index in [1.54, 1.807) is 0 Å². The van der Waals surface area contributed by atoms with Crippen LogP contribution in [-0.2, 0) is 4.74 Å². The molecule has 1 unspecified atom stereocenters. The molecule has 20 heavy (non-hydrogen) atoms. The summed E-state index contributed by atoms with van der Waals surface area (Å²) in [4.78, 5) is 23.2. The first-order valence-electron chi connectivity index (χ1n) is 6.26. The van der Waals surface area contributed by atoms with Crippen LogP contribution in [0.5, 0.6) is 5.75 Å². The van der Waals surface area contributed by atoms with Gasteiger partial charge in [-0.3, -0.25) is 14.9 Å². The summed E-state index contributed by atoms with van der Waals surface area (Å²) in [5, 5.41) is 10.9. The Labute approximate surface area is 116 Å². The van der Waals surface area contributed by atoms with Crippen LogP contribution in [0.1, 0.15) is 10.4 Å². The number of ether oxygens (including phenoxy) is 2. The van der Waals surface area contributed by atoms with Gasteiger partial charge < -0.3 is 14.4 Å². The minimum Gasteiger partial charge on any atom is -0.484 e. The highest BCUT2D eigenvalue weighted by molar-refractivity contribution is 5.76. The third kappa shape index (κ3) is 3.52. The quantitative estimate of drug-likeness (QED) is 0.456. The molecular weight excluding hydrogens is 264 g/mol. The van der Waals surface area contributed by atoms with E-state index in [-0.39, 0.29) is 24.1 Å². The lowest BCUT2D eigenvalue weighted by atomic mass is 10.2. The summed E-state index contributed by atoms with van der Waals surface area (Å²) in [5.41, 5.74) is 0.187. The molecule has 1 heterocycles. The summed E-state index contributed by atoms with van der Waals surface area (Å²) in [7, 11) is 1.98. The van der Waals surface area contributed by atoms with Crippen LogP contribution in [0.15, 0.2) is 18.2 Å². The van der Waals surface area contributed by atoms with Crippen molar-refractivity contribution >= 4 is 12.0 Å². The Morgan fingerprint density at radius 2 is 2.40 bits per heavy atom. The molecule has 1 aliphatic rings. The SMILES string of the molecule is CN1CCOC(COc2cc(C=O)ccc2[N+](=O)[O-])C1. The van der Waals surface area contributed by atoms with Crippen molar-refractivity contribution in [2.75, 3.05) is 33.4 Å². The van der Waals surface area contributed by atoms with Gasteiger partial charge in [0.2, 0.25) is 0 Å². The van der Waals surface area contributed by atoms with E-state index >= 15 is 0 Å². The molecule has 0 saturated carbocycles. The van der Waals surface area contributed by atoms with Crippen LogP contribution in [0.4, 0.5) is 5.69 Å². The molecule has 1 aliphatic heterocycles. The molecule has 0 radical (unpaired) electrons. The molecule has 1 aromatic rings. The zero-order valence-corrected chi connectivity index (χ0v) is 11.2. The van der Waals surface area contributed by atoms with Gasteiger partial charge in [-0.1, -0.05) is 0 Å². The van der Waals surface area contributed by atoms with Crippen LogP contribution in [0.3, 0.4) is 0 Å². The maximum Gasteiger partial charge on any atom is 0.310 e. The first kappa shape index (κ1) is 14.4. The highest BCUT2D eigenvalue weighted by Gasteiger charge is 2.21. The van der Waals surface area contributed by atoms with Gasteiger partial charge in [-0.2, -0.15) is 0 Å². The molecule has 1 saturated heterocycles. The fraction of sp³-hybridized carbons (Fsp3) is 0.462. The maximum absolute atomic E-state index is 10.9. The predicted octanol–water partition coefficient (Wildman–Crippen LogP) is 1.12. The lowest BCUT2D eigenvalue weighted by Crippen LogP contribution is -2.42. The number of carbonyl (C=O) groups excluding carboxylic acids is 1. The van der Waals surface area contributed by atoms with Crippen LogP contribution in [0.25, 0.3) is 0 Å². The topological polar surface area (TPSA) is 81.9 Å². The van der Waals surface area contributed by atoms with Gasteiger partial charge in [0.05, 0.1) is 11.5 Å². The Morgan fingerprint density at radius 1 is 1.60 bits per heavy atom. The smallest absolute Gasteiger partial charge is 0.310 e. The molecule has 0 aromatic heterocycles. The summed E-state index contributed by atoms with van der Waals surface area (Å²) in [6.07, 6.45) is 0.495. The number of benzene rings is 1. The molecule has 0 N–H and O–H groups in total. The van der Waals surface area contributed by atoms with Crippen LogP contribution in [0.2, 0.25) is 0 Å². The second-order valence-electron chi connectivity index (χ2n) is 4.67. The van der Waals surface area contributed by atoms with E-state index in [4.69, 9.17) is 9.47 Å². The summed E-state index contributed by atoms with van der Waals surface area (Å²) >= 11 is 0. The van der Waals surface area contributed by atoms with Gasteiger partial charge in [0.25, 0.3) is 0 Å². The number of rotatable bonds is 5. The van der Waals surface area contributed by atoms with Crippen molar-refractivity contribution in [1.82, 2.24) is 4.90 Å². The molecule has 0 aliphatic carbocycles. The third-order valence-electron chi connectivity index (χ3n) is 3.08. The van der Waals surface area contributed by atoms with Gasteiger partial charge in [-0.05, 0) is 19.2 Å². The fourth-order valence-corrected chi connectivity index (χ4v) is 2.02. The number of nitro groups is 1. The van der Waals surface area contributed by atoms with E-state index in [0.717, 1.165) is 6.54 Å². The number of hydrogen-bond donors (Lipinski definition) is 0. The van der Waals surface area contributed by atoms with E-state index < -0.39 is 4.92 Å². The van der Waals surface area contributed by atoms with E-state index in [2.05, 4.69) is 4.90 Å². The Hall–Kier alpha value is -1.99. The average molecular weight is 280 g/mol. The molecule has 1 fully saturated rings. The third-order valence-corrected chi connectivity index (χ3v) is 3.08. The summed E-state index contributed by atoms with van der Waals surface area (Å²) in [5.74, 6) is 0.0939. The van der Waals surface area contributed by atoms with Gasteiger partial charge in [0.1, 0.15) is 19.0 Å². The molecule has 2 rings (SSSR count). The second kappa shape index (κ2) is 6.44. The van der Waals surface area contributed by atoms with Gasteiger partial charge in [0, 0.05) is 24.7 Å². The zero-order chi connectivity index (χ0) is 14.5. The van der Waals surface area contributed by atoms with Crippen molar-refractivity contribution in [3.8, 4) is 5.75 Å². The normalized spacial score (nSPS) is 19.6. The van der Waals surface area contributed by atoms with Gasteiger partial charge >= 0.3 is 5.69 Å². The van der Waals surface area contributed by atoms with E-state index in [0.29, 0.717) is 25.0 Å². The predicted molar refractivity (Wildman–Crippen MR) is 71.2 cm³/mol. The summed E-state index contributed by atoms with van der Waals surface area (Å²) < 4.78 is 11.0. The van der Waals surface area contributed by atoms with Crippen LogP contribution < -0.4 is 4.74 Å². The van der Waals surface area contributed by atoms with E-state index in [1.165, 1.54) is 18.2 Å². The van der Waals surface area contributed by atoms with Crippen molar-refractivity contribution in [2.24, 2.45) is 0 Å². The highest BCUT2D eigenvalue weighted by atomic mass is 16.6. The summed E-state index contributed by atoms with van der Waals surface area (Å²) in [6, 6.07) is 4.04. The number of nitrogens with zero attached hydrogens (tertiary/aromatic N) is 2. The molecule has 1 atom stereocenters. The van der Waals surface area contributed by atoms with Crippen molar-refractivity contribution in [1.29, 1.82) is 0 Å². The molecule has 0 amide bonds. The van der Waals surface area contributed by atoms with Gasteiger partial charge in [-0.25, -0.2) is 0 Å². The monoisotopic (exact) mass is 280 g/mol. The molecule has 108 valence electrons. The Bertz CT molecular complexity index is 506. The Kier molecular flexibility index (Phi) is 4.65. The number of morpholine rings is 1. The first-order chi connectivity index (χ1) is 9.60. The highest BCUT2D eigenvalue weighted by Crippen LogP contribution is 2.27. The van der Waals surface area contributed by atoms with Crippen molar-refractivity contribution < 1.29 is 19.2 Å². The first-order valence-corrected chi connectivity index (χ1v) is 6.26. The van der Waals surface area contributed by atoms with E-state index in [1.807, 2.05) is 7.05 Å². The minimum absolute atomic E-state index is 0.0939. The molecule has 0 bridgehead atoms. The standard InChI is InChI=1S/C13H16N2O5/c1-14-4-5-19-11(7-14)9-20-13-6-10(8-16)2-3-12(13)15(17)18/h2-3,6,8,11H,4-5,7,9H2,1H3. The maximum atomic E-state index is 10.9. The second-order valence-corrected chi connectivity index (χ2v) is 4.67. The number of likely N-dealkylation sites (N-methyl/N-ethyl adjacent to an activating group) is 1. The fourth-order valence-electron chi connectivity index (χ4n) is 2.02. The van der Waals surface area contributed by atoms with Gasteiger partial charge in [-0.15, -0.1) is 0 Å². The van der Waals surface area contributed by atoms with Crippen molar-refractivity contribution in [3.63, 3.8) is 0 Å². The van der Waals surface area contributed by atoms with Gasteiger partial charge in [0.15, 0.2) is 5.75 Å². The number of carbonyl (C=O) groups is 1. The summed E-state index contributed by atoms with van der Waals surface area (Å²) in [6.45, 7) is 2.40. The zero-order valence-electron chi connectivity index (χ0n) is 11.2. The Morgan fingerprint density at radius 3 is 3.05 bits per heavy atom. The largest absolute Gasteiger partial charge is 0.484 e. The molecule has 0 spiro atoms. The molecule has 1 aromatic carbocycles. The number of hydrogen-bond acceptors (Lipinski definition) is 6. The number of aldehydes is 1.